The van der Waals surface area contributed by atoms with Gasteiger partial charge >= 0.3 is 0 Å². The number of aromatic nitrogens is 2. The minimum Gasteiger partial charge on any atom is -0.497 e. The first kappa shape index (κ1) is 21.6. The van der Waals surface area contributed by atoms with Crippen LogP contribution in [0.25, 0.3) is 11.4 Å². The second-order valence-electron chi connectivity index (χ2n) is 8.44. The first-order valence-electron chi connectivity index (χ1n) is 10.1. The van der Waals surface area contributed by atoms with Crippen molar-refractivity contribution in [3.63, 3.8) is 0 Å². The molecular weight excluding hydrogens is 378 g/mol. The molecule has 158 valence electrons. The molecule has 0 aliphatic carbocycles. The Morgan fingerprint density at radius 2 is 1.73 bits per heavy atom. The Balaban J connectivity index is 1.53. The van der Waals surface area contributed by atoms with Gasteiger partial charge in [0.15, 0.2) is 0 Å². The molecule has 0 spiro atoms. The number of methoxy groups -OCH3 is 1. The first-order valence-corrected chi connectivity index (χ1v) is 10.1. The summed E-state index contributed by atoms with van der Waals surface area (Å²) >= 11 is 0. The summed E-state index contributed by atoms with van der Waals surface area (Å²) in [4.78, 5) is 18.5. The molecule has 1 aromatic heterocycles. The van der Waals surface area contributed by atoms with Crippen LogP contribution < -0.4 is 4.74 Å². The predicted molar refractivity (Wildman–Crippen MR) is 116 cm³/mol. The number of benzene rings is 2. The third kappa shape index (κ3) is 5.47. The number of carbonyl (C=O) groups is 1. The Labute approximate surface area is 177 Å². The highest BCUT2D eigenvalue weighted by molar-refractivity contribution is 5.76. The lowest BCUT2D eigenvalue weighted by atomic mass is 9.86. The van der Waals surface area contributed by atoms with Crippen molar-refractivity contribution in [2.75, 3.05) is 14.2 Å². The lowest BCUT2D eigenvalue weighted by molar-refractivity contribution is -0.130. The molecular formula is C24H29N3O3. The standard InChI is InChI=1S/C24H29N3O3/c1-24(2,3)19-11-6-17(7-12-19)8-15-22(28)27(4)16-21-25-23(26-30-21)18-9-13-20(29-5)14-10-18/h6-7,9-14H,8,15-16H2,1-5H3. The zero-order valence-electron chi connectivity index (χ0n) is 18.3. The Bertz CT molecular complexity index is 970. The molecule has 0 aliphatic rings. The van der Waals surface area contributed by atoms with Crippen LogP contribution in [0.2, 0.25) is 0 Å². The summed E-state index contributed by atoms with van der Waals surface area (Å²) < 4.78 is 10.5. The number of hydrogen-bond donors (Lipinski definition) is 0. The molecule has 1 amide bonds. The van der Waals surface area contributed by atoms with Crippen LogP contribution in [0.15, 0.2) is 53.1 Å². The molecule has 0 unspecified atom stereocenters. The second kappa shape index (κ2) is 9.11. The van der Waals surface area contributed by atoms with Gasteiger partial charge in [-0.25, -0.2) is 0 Å². The van der Waals surface area contributed by atoms with E-state index in [-0.39, 0.29) is 17.9 Å². The maximum Gasteiger partial charge on any atom is 0.246 e. The minimum absolute atomic E-state index is 0.0408. The monoisotopic (exact) mass is 407 g/mol. The smallest absolute Gasteiger partial charge is 0.246 e. The van der Waals surface area contributed by atoms with E-state index in [1.165, 1.54) is 5.56 Å². The minimum atomic E-state index is 0.0408. The van der Waals surface area contributed by atoms with Gasteiger partial charge in [-0.05, 0) is 47.2 Å². The summed E-state index contributed by atoms with van der Waals surface area (Å²) in [6.45, 7) is 6.86. The average Bonchev–Trinajstić information content (AvgIpc) is 3.20. The summed E-state index contributed by atoms with van der Waals surface area (Å²) in [6, 6.07) is 15.9. The summed E-state index contributed by atoms with van der Waals surface area (Å²) in [5.74, 6) is 1.71. The molecule has 3 rings (SSSR count). The highest BCUT2D eigenvalue weighted by atomic mass is 16.5. The quantitative estimate of drug-likeness (QED) is 0.571. The van der Waals surface area contributed by atoms with E-state index in [1.54, 1.807) is 19.1 Å². The lowest BCUT2D eigenvalue weighted by Gasteiger charge is -2.19. The van der Waals surface area contributed by atoms with Crippen molar-refractivity contribution in [3.8, 4) is 17.1 Å². The van der Waals surface area contributed by atoms with Crippen LogP contribution in [0.3, 0.4) is 0 Å². The van der Waals surface area contributed by atoms with E-state index in [0.29, 0.717) is 24.6 Å². The highest BCUT2D eigenvalue weighted by Gasteiger charge is 2.16. The summed E-state index contributed by atoms with van der Waals surface area (Å²) in [5, 5.41) is 4.01. The van der Waals surface area contributed by atoms with Gasteiger partial charge < -0.3 is 14.2 Å². The lowest BCUT2D eigenvalue weighted by Crippen LogP contribution is -2.26. The first-order chi connectivity index (χ1) is 14.3. The van der Waals surface area contributed by atoms with Gasteiger partial charge in [0.05, 0.1) is 13.7 Å². The van der Waals surface area contributed by atoms with Gasteiger partial charge in [0.2, 0.25) is 17.6 Å². The molecule has 0 fully saturated rings. The average molecular weight is 408 g/mol. The highest BCUT2D eigenvalue weighted by Crippen LogP contribution is 2.23. The van der Waals surface area contributed by atoms with E-state index in [1.807, 2.05) is 24.3 Å². The zero-order valence-corrected chi connectivity index (χ0v) is 18.3. The Kier molecular flexibility index (Phi) is 6.55. The van der Waals surface area contributed by atoms with Crippen molar-refractivity contribution in [2.45, 2.75) is 45.6 Å². The molecule has 30 heavy (non-hydrogen) atoms. The predicted octanol–water partition coefficient (Wildman–Crippen LogP) is 4.63. The van der Waals surface area contributed by atoms with Crippen LogP contribution in [0.1, 0.15) is 44.2 Å². The third-order valence-electron chi connectivity index (χ3n) is 5.06. The molecule has 0 aliphatic heterocycles. The van der Waals surface area contributed by atoms with Gasteiger partial charge in [-0.1, -0.05) is 50.2 Å². The molecule has 0 saturated heterocycles. The van der Waals surface area contributed by atoms with E-state index in [4.69, 9.17) is 9.26 Å². The fourth-order valence-electron chi connectivity index (χ4n) is 3.08. The number of ether oxygens (including phenoxy) is 1. The van der Waals surface area contributed by atoms with Crippen molar-refractivity contribution in [1.29, 1.82) is 0 Å². The van der Waals surface area contributed by atoms with Gasteiger partial charge in [-0.15, -0.1) is 0 Å². The maximum absolute atomic E-state index is 12.5. The summed E-state index contributed by atoms with van der Waals surface area (Å²) in [5.41, 5.74) is 3.41. The van der Waals surface area contributed by atoms with Crippen LogP contribution in [0.4, 0.5) is 0 Å². The maximum atomic E-state index is 12.5. The van der Waals surface area contributed by atoms with E-state index >= 15 is 0 Å². The molecule has 0 saturated carbocycles. The number of aryl methyl sites for hydroxylation is 1. The van der Waals surface area contributed by atoms with Crippen LogP contribution in [0, 0.1) is 0 Å². The number of hydrogen-bond acceptors (Lipinski definition) is 5. The van der Waals surface area contributed by atoms with Crippen LogP contribution in [-0.4, -0.2) is 35.1 Å². The number of rotatable bonds is 7. The summed E-state index contributed by atoms with van der Waals surface area (Å²) in [7, 11) is 3.37. The van der Waals surface area contributed by atoms with Crippen molar-refractivity contribution >= 4 is 5.91 Å². The second-order valence-corrected chi connectivity index (χ2v) is 8.44. The SMILES string of the molecule is COc1ccc(-c2noc(CN(C)C(=O)CCc3ccc(C(C)(C)C)cc3)n2)cc1. The molecule has 1 heterocycles. The van der Waals surface area contributed by atoms with Gasteiger partial charge in [-0.2, -0.15) is 4.98 Å². The van der Waals surface area contributed by atoms with Crippen LogP contribution in [0.5, 0.6) is 5.75 Å². The Morgan fingerprint density at radius 3 is 2.33 bits per heavy atom. The Hall–Kier alpha value is -3.15. The largest absolute Gasteiger partial charge is 0.497 e. The van der Waals surface area contributed by atoms with Gasteiger partial charge in [0, 0.05) is 19.0 Å². The molecule has 6 nitrogen and oxygen atoms in total. The molecule has 0 radical (unpaired) electrons. The van der Waals surface area contributed by atoms with E-state index in [0.717, 1.165) is 16.9 Å². The molecule has 3 aromatic rings. The van der Waals surface area contributed by atoms with Crippen molar-refractivity contribution in [3.05, 3.63) is 65.5 Å². The van der Waals surface area contributed by atoms with Crippen LogP contribution >= 0.6 is 0 Å². The number of nitrogens with zero attached hydrogens (tertiary/aromatic N) is 3. The zero-order chi connectivity index (χ0) is 21.7. The Morgan fingerprint density at radius 1 is 1.07 bits per heavy atom. The topological polar surface area (TPSA) is 68.5 Å². The van der Waals surface area contributed by atoms with Gasteiger partial charge in [0.25, 0.3) is 0 Å². The van der Waals surface area contributed by atoms with E-state index in [2.05, 4.69) is 55.2 Å². The number of amides is 1. The van der Waals surface area contributed by atoms with Crippen molar-refractivity contribution in [1.82, 2.24) is 15.0 Å². The fraction of sp³-hybridized carbons (Fsp3) is 0.375. The number of carbonyl (C=O) groups excluding carboxylic acids is 1. The normalized spacial score (nSPS) is 11.4. The molecule has 0 N–H and O–H groups in total. The third-order valence-corrected chi connectivity index (χ3v) is 5.06. The molecule has 0 bridgehead atoms. The van der Waals surface area contributed by atoms with Gasteiger partial charge in [-0.3, -0.25) is 4.79 Å². The molecule has 6 heteroatoms. The molecule has 2 aromatic carbocycles. The van der Waals surface area contributed by atoms with E-state index < -0.39 is 0 Å². The van der Waals surface area contributed by atoms with Crippen LogP contribution in [-0.2, 0) is 23.2 Å². The molecule has 0 atom stereocenters. The fourth-order valence-corrected chi connectivity index (χ4v) is 3.08. The van der Waals surface area contributed by atoms with Crippen molar-refractivity contribution in [2.24, 2.45) is 0 Å². The van der Waals surface area contributed by atoms with E-state index in [9.17, 15) is 4.79 Å². The van der Waals surface area contributed by atoms with Crippen molar-refractivity contribution < 1.29 is 14.1 Å². The summed E-state index contributed by atoms with van der Waals surface area (Å²) in [6.07, 6.45) is 1.14. The van der Waals surface area contributed by atoms with Gasteiger partial charge in [0.1, 0.15) is 5.75 Å².